The maximum atomic E-state index is 13.1. The summed E-state index contributed by atoms with van der Waals surface area (Å²) in [4.78, 5) is 24.2. The number of rotatable bonds is 7. The van der Waals surface area contributed by atoms with Crippen molar-refractivity contribution in [1.82, 2.24) is 14.8 Å². The van der Waals surface area contributed by atoms with Crippen LogP contribution in [0.5, 0.6) is 0 Å². The van der Waals surface area contributed by atoms with Gasteiger partial charge in [0.25, 0.3) is 0 Å². The summed E-state index contributed by atoms with van der Waals surface area (Å²) in [6, 6.07) is 8.28. The Morgan fingerprint density at radius 2 is 1.92 bits per heavy atom. The van der Waals surface area contributed by atoms with Gasteiger partial charge in [0.2, 0.25) is 5.91 Å². The predicted octanol–water partition coefficient (Wildman–Crippen LogP) is 4.10. The standard InChI is InChI=1S/C21H29N3OS/c1-3-23-12-8-18(9-13-23)14-21(25)24(15-19-6-10-22-11-7-19)16-20-5-4-17(2)26-20/h4-7,10-11,18H,3,8-9,12-16H2,1-2H3. The van der Waals surface area contributed by atoms with Gasteiger partial charge >= 0.3 is 0 Å². The summed E-state index contributed by atoms with van der Waals surface area (Å²) in [5, 5.41) is 0. The first-order chi connectivity index (χ1) is 12.6. The molecule has 3 heterocycles. The molecule has 4 nitrogen and oxygen atoms in total. The molecule has 2 aromatic rings. The number of amides is 1. The Morgan fingerprint density at radius 3 is 2.54 bits per heavy atom. The summed E-state index contributed by atoms with van der Waals surface area (Å²) in [5.41, 5.74) is 1.14. The van der Waals surface area contributed by atoms with Crippen molar-refractivity contribution in [3.05, 3.63) is 52.0 Å². The lowest BCUT2D eigenvalue weighted by atomic mass is 9.93. The van der Waals surface area contributed by atoms with Gasteiger partial charge in [0, 0.05) is 35.1 Å². The Morgan fingerprint density at radius 1 is 1.19 bits per heavy atom. The second kappa shape index (κ2) is 9.28. The average molecular weight is 372 g/mol. The van der Waals surface area contributed by atoms with E-state index in [0.717, 1.165) is 38.0 Å². The molecule has 5 heteroatoms. The Hall–Kier alpha value is -1.72. The molecule has 0 N–H and O–H groups in total. The fourth-order valence-electron chi connectivity index (χ4n) is 3.58. The van der Waals surface area contributed by atoms with E-state index in [-0.39, 0.29) is 5.91 Å². The Kier molecular flexibility index (Phi) is 6.80. The molecule has 0 unspecified atom stereocenters. The SMILES string of the molecule is CCN1CCC(CC(=O)N(Cc2ccncc2)Cc2ccc(C)s2)CC1. The molecule has 1 fully saturated rings. The van der Waals surface area contributed by atoms with Crippen molar-refractivity contribution in [2.75, 3.05) is 19.6 Å². The Bertz CT molecular complexity index is 692. The molecule has 140 valence electrons. The smallest absolute Gasteiger partial charge is 0.223 e. The first-order valence-corrected chi connectivity index (χ1v) is 10.4. The number of aromatic nitrogens is 1. The third-order valence-corrected chi connectivity index (χ3v) is 6.22. The van der Waals surface area contributed by atoms with Gasteiger partial charge < -0.3 is 9.80 Å². The van der Waals surface area contributed by atoms with E-state index < -0.39 is 0 Å². The molecule has 0 bridgehead atoms. The summed E-state index contributed by atoms with van der Waals surface area (Å²) in [7, 11) is 0. The highest BCUT2D eigenvalue weighted by Crippen LogP contribution is 2.24. The zero-order chi connectivity index (χ0) is 18.4. The lowest BCUT2D eigenvalue weighted by Gasteiger charge is -2.32. The number of aryl methyl sites for hydroxylation is 1. The van der Waals surface area contributed by atoms with Crippen LogP contribution in [0.3, 0.4) is 0 Å². The highest BCUT2D eigenvalue weighted by molar-refractivity contribution is 7.11. The van der Waals surface area contributed by atoms with Crippen molar-refractivity contribution in [1.29, 1.82) is 0 Å². The number of piperidine rings is 1. The fourth-order valence-corrected chi connectivity index (χ4v) is 4.49. The maximum absolute atomic E-state index is 13.1. The van der Waals surface area contributed by atoms with Crippen molar-refractivity contribution in [2.45, 2.75) is 46.2 Å². The van der Waals surface area contributed by atoms with Crippen LogP contribution in [-0.4, -0.2) is 40.3 Å². The molecule has 1 amide bonds. The van der Waals surface area contributed by atoms with Gasteiger partial charge in [-0.15, -0.1) is 11.3 Å². The monoisotopic (exact) mass is 371 g/mol. The molecule has 3 rings (SSSR count). The number of hydrogen-bond donors (Lipinski definition) is 0. The van der Waals surface area contributed by atoms with E-state index >= 15 is 0 Å². The second-order valence-corrected chi connectivity index (χ2v) is 8.57. The van der Waals surface area contributed by atoms with Crippen LogP contribution >= 0.6 is 11.3 Å². The number of carbonyl (C=O) groups excluding carboxylic acids is 1. The molecule has 0 atom stereocenters. The number of nitrogens with zero attached hydrogens (tertiary/aromatic N) is 3. The number of pyridine rings is 1. The second-order valence-electron chi connectivity index (χ2n) is 7.20. The lowest BCUT2D eigenvalue weighted by molar-refractivity contribution is -0.133. The van der Waals surface area contributed by atoms with E-state index in [4.69, 9.17) is 0 Å². The van der Waals surface area contributed by atoms with Gasteiger partial charge in [-0.2, -0.15) is 0 Å². The molecule has 1 aliphatic heterocycles. The zero-order valence-corrected chi connectivity index (χ0v) is 16.7. The molecule has 0 radical (unpaired) electrons. The number of thiophene rings is 1. The van der Waals surface area contributed by atoms with Gasteiger partial charge in [-0.3, -0.25) is 9.78 Å². The fraction of sp³-hybridized carbons (Fsp3) is 0.524. The molecule has 0 aromatic carbocycles. The lowest BCUT2D eigenvalue weighted by Crippen LogP contribution is -2.36. The van der Waals surface area contributed by atoms with Gasteiger partial charge in [0.15, 0.2) is 0 Å². The van der Waals surface area contributed by atoms with Crippen LogP contribution in [0.15, 0.2) is 36.7 Å². The topological polar surface area (TPSA) is 36.4 Å². The van der Waals surface area contributed by atoms with Crippen LogP contribution in [0.2, 0.25) is 0 Å². The molecule has 26 heavy (non-hydrogen) atoms. The Balaban J connectivity index is 1.64. The van der Waals surface area contributed by atoms with Gasteiger partial charge in [0.05, 0.1) is 6.54 Å². The highest BCUT2D eigenvalue weighted by Gasteiger charge is 2.24. The minimum Gasteiger partial charge on any atom is -0.333 e. The molecule has 2 aromatic heterocycles. The van der Waals surface area contributed by atoms with Crippen molar-refractivity contribution in [3.8, 4) is 0 Å². The van der Waals surface area contributed by atoms with Gasteiger partial charge in [-0.25, -0.2) is 0 Å². The summed E-state index contributed by atoms with van der Waals surface area (Å²) < 4.78 is 0. The van der Waals surface area contributed by atoms with Gasteiger partial charge in [0.1, 0.15) is 0 Å². The first kappa shape index (κ1) is 19.1. The highest BCUT2D eigenvalue weighted by atomic mass is 32.1. The van der Waals surface area contributed by atoms with Crippen molar-refractivity contribution in [3.63, 3.8) is 0 Å². The summed E-state index contributed by atoms with van der Waals surface area (Å²) in [6.45, 7) is 9.06. The van der Waals surface area contributed by atoms with Crippen LogP contribution in [0.4, 0.5) is 0 Å². The van der Waals surface area contributed by atoms with Crippen LogP contribution in [-0.2, 0) is 17.9 Å². The van der Waals surface area contributed by atoms with Crippen LogP contribution in [0.25, 0.3) is 0 Å². The van der Waals surface area contributed by atoms with E-state index in [9.17, 15) is 4.79 Å². The molecule has 0 aliphatic carbocycles. The summed E-state index contributed by atoms with van der Waals surface area (Å²) in [5.74, 6) is 0.804. The van der Waals surface area contributed by atoms with E-state index in [1.807, 2.05) is 17.0 Å². The van der Waals surface area contributed by atoms with Crippen LogP contribution < -0.4 is 0 Å². The summed E-state index contributed by atoms with van der Waals surface area (Å²) >= 11 is 1.78. The third-order valence-electron chi connectivity index (χ3n) is 5.24. The third kappa shape index (κ3) is 5.39. The largest absolute Gasteiger partial charge is 0.333 e. The van der Waals surface area contributed by atoms with Gasteiger partial charge in [-0.1, -0.05) is 6.92 Å². The summed E-state index contributed by atoms with van der Waals surface area (Å²) in [6.07, 6.45) is 6.55. The molecule has 1 saturated heterocycles. The maximum Gasteiger partial charge on any atom is 0.223 e. The molecular weight excluding hydrogens is 342 g/mol. The quantitative estimate of drug-likeness (QED) is 0.735. The minimum atomic E-state index is 0.280. The van der Waals surface area contributed by atoms with Crippen LogP contribution in [0, 0.1) is 12.8 Å². The van der Waals surface area contributed by atoms with E-state index in [2.05, 4.69) is 35.9 Å². The number of hydrogen-bond acceptors (Lipinski definition) is 4. The van der Waals surface area contributed by atoms with E-state index in [0.29, 0.717) is 25.4 Å². The molecular formula is C21H29N3OS. The normalized spacial score (nSPS) is 15.9. The van der Waals surface area contributed by atoms with E-state index in [1.165, 1.54) is 9.75 Å². The van der Waals surface area contributed by atoms with Crippen molar-refractivity contribution < 1.29 is 4.79 Å². The van der Waals surface area contributed by atoms with Crippen molar-refractivity contribution >= 4 is 17.2 Å². The number of likely N-dealkylation sites (tertiary alicyclic amines) is 1. The molecule has 0 saturated carbocycles. The minimum absolute atomic E-state index is 0.280. The zero-order valence-electron chi connectivity index (χ0n) is 15.9. The first-order valence-electron chi connectivity index (χ1n) is 9.58. The Labute approximate surface area is 160 Å². The van der Waals surface area contributed by atoms with Crippen molar-refractivity contribution in [2.24, 2.45) is 5.92 Å². The van der Waals surface area contributed by atoms with Crippen LogP contribution in [0.1, 0.15) is 41.5 Å². The van der Waals surface area contributed by atoms with E-state index in [1.54, 1.807) is 23.7 Å². The average Bonchev–Trinajstić information content (AvgIpc) is 3.07. The molecule has 1 aliphatic rings. The van der Waals surface area contributed by atoms with Gasteiger partial charge in [-0.05, 0) is 75.1 Å². The molecule has 0 spiro atoms. The predicted molar refractivity (Wildman–Crippen MR) is 107 cm³/mol. The number of carbonyl (C=O) groups is 1.